The average molecular weight is 212 g/mol. The van der Waals surface area contributed by atoms with Gasteiger partial charge in [-0.3, -0.25) is 0 Å². The molecular weight excluding hydrogens is 184 g/mol. The van der Waals surface area contributed by atoms with Gasteiger partial charge in [-0.1, -0.05) is 27.2 Å². The summed E-state index contributed by atoms with van der Waals surface area (Å²) in [5, 5.41) is 3.51. The Morgan fingerprint density at radius 2 is 1.93 bits per heavy atom. The minimum absolute atomic E-state index is 0.615. The van der Waals surface area contributed by atoms with E-state index in [2.05, 4.69) is 38.0 Å². The summed E-state index contributed by atoms with van der Waals surface area (Å²) in [6.07, 6.45) is 4.38. The zero-order chi connectivity index (χ0) is 11.3. The molecule has 1 unspecified atom stereocenters. The van der Waals surface area contributed by atoms with Crippen LogP contribution in [0.25, 0.3) is 0 Å². The van der Waals surface area contributed by atoms with Crippen molar-refractivity contribution in [2.24, 2.45) is 11.8 Å². The minimum Gasteiger partial charge on any atom is -0.314 e. The van der Waals surface area contributed by atoms with E-state index in [0.717, 1.165) is 18.4 Å². The highest BCUT2D eigenvalue weighted by Crippen LogP contribution is 2.26. The third-order valence-corrected chi connectivity index (χ3v) is 3.29. The fourth-order valence-corrected chi connectivity index (χ4v) is 2.22. The molecule has 0 bridgehead atoms. The van der Waals surface area contributed by atoms with Gasteiger partial charge in [0.15, 0.2) is 0 Å². The van der Waals surface area contributed by atoms with Crippen molar-refractivity contribution in [2.75, 3.05) is 26.7 Å². The highest BCUT2D eigenvalue weighted by molar-refractivity contribution is 4.73. The Hall–Kier alpha value is -0.0800. The van der Waals surface area contributed by atoms with E-state index in [4.69, 9.17) is 0 Å². The summed E-state index contributed by atoms with van der Waals surface area (Å²) < 4.78 is 0. The van der Waals surface area contributed by atoms with Gasteiger partial charge in [0.2, 0.25) is 0 Å². The zero-order valence-electron chi connectivity index (χ0n) is 10.9. The first-order valence-corrected chi connectivity index (χ1v) is 6.50. The molecule has 15 heavy (non-hydrogen) atoms. The number of rotatable bonds is 7. The molecule has 1 fully saturated rings. The maximum atomic E-state index is 3.51. The predicted octanol–water partition coefficient (Wildman–Crippen LogP) is 2.35. The van der Waals surface area contributed by atoms with Crippen molar-refractivity contribution in [3.63, 3.8) is 0 Å². The van der Waals surface area contributed by atoms with Crippen LogP contribution < -0.4 is 5.32 Å². The molecule has 1 rings (SSSR count). The maximum absolute atomic E-state index is 3.51. The van der Waals surface area contributed by atoms with Gasteiger partial charge in [0, 0.05) is 19.1 Å². The second-order valence-corrected chi connectivity index (χ2v) is 5.69. The van der Waals surface area contributed by atoms with E-state index in [-0.39, 0.29) is 0 Å². The fraction of sp³-hybridized carbons (Fsp3) is 1.00. The van der Waals surface area contributed by atoms with Crippen molar-refractivity contribution in [2.45, 2.75) is 46.1 Å². The van der Waals surface area contributed by atoms with Gasteiger partial charge in [0.1, 0.15) is 0 Å². The molecule has 1 aliphatic rings. The third kappa shape index (κ3) is 5.53. The van der Waals surface area contributed by atoms with Crippen molar-refractivity contribution in [1.29, 1.82) is 0 Å². The van der Waals surface area contributed by atoms with Gasteiger partial charge >= 0.3 is 0 Å². The van der Waals surface area contributed by atoms with E-state index in [9.17, 15) is 0 Å². The van der Waals surface area contributed by atoms with Crippen LogP contribution in [0.15, 0.2) is 0 Å². The van der Waals surface area contributed by atoms with E-state index in [1.807, 2.05) is 0 Å². The average Bonchev–Trinajstić information content (AvgIpc) is 2.08. The molecule has 0 amide bonds. The molecule has 1 aliphatic carbocycles. The van der Waals surface area contributed by atoms with Crippen molar-refractivity contribution in [1.82, 2.24) is 10.2 Å². The van der Waals surface area contributed by atoms with Gasteiger partial charge in [-0.15, -0.1) is 0 Å². The molecule has 1 saturated carbocycles. The SMILES string of the molecule is CC(CNC(C)C)CN(C)CC1CCC1. The molecule has 0 heterocycles. The summed E-state index contributed by atoms with van der Waals surface area (Å²) in [4.78, 5) is 2.51. The molecule has 0 aromatic rings. The van der Waals surface area contributed by atoms with Crippen LogP contribution in [0, 0.1) is 11.8 Å². The Balaban J connectivity index is 2.04. The van der Waals surface area contributed by atoms with Crippen LogP contribution in [0.2, 0.25) is 0 Å². The molecule has 0 radical (unpaired) electrons. The number of nitrogens with zero attached hydrogens (tertiary/aromatic N) is 1. The summed E-state index contributed by atoms with van der Waals surface area (Å²) in [7, 11) is 2.27. The lowest BCUT2D eigenvalue weighted by Gasteiger charge is -2.31. The summed E-state index contributed by atoms with van der Waals surface area (Å²) in [6.45, 7) is 10.5. The summed E-state index contributed by atoms with van der Waals surface area (Å²) in [5.41, 5.74) is 0. The summed E-state index contributed by atoms with van der Waals surface area (Å²) >= 11 is 0. The molecule has 0 aromatic heterocycles. The van der Waals surface area contributed by atoms with E-state index in [1.54, 1.807) is 0 Å². The predicted molar refractivity (Wildman–Crippen MR) is 67.1 cm³/mol. The molecular formula is C13H28N2. The lowest BCUT2D eigenvalue weighted by atomic mass is 9.85. The van der Waals surface area contributed by atoms with Gasteiger partial charge in [-0.05, 0) is 38.3 Å². The van der Waals surface area contributed by atoms with Crippen molar-refractivity contribution >= 4 is 0 Å². The van der Waals surface area contributed by atoms with E-state index < -0.39 is 0 Å². The Bertz CT molecular complexity index is 164. The molecule has 0 aliphatic heterocycles. The van der Waals surface area contributed by atoms with E-state index in [0.29, 0.717) is 6.04 Å². The molecule has 2 nitrogen and oxygen atoms in total. The van der Waals surface area contributed by atoms with Crippen LogP contribution >= 0.6 is 0 Å². The van der Waals surface area contributed by atoms with E-state index in [1.165, 1.54) is 32.4 Å². The third-order valence-electron chi connectivity index (χ3n) is 3.29. The highest BCUT2D eigenvalue weighted by Gasteiger charge is 2.19. The zero-order valence-corrected chi connectivity index (χ0v) is 10.9. The number of hydrogen-bond acceptors (Lipinski definition) is 2. The van der Waals surface area contributed by atoms with Crippen LogP contribution in [0.5, 0.6) is 0 Å². The molecule has 0 spiro atoms. The van der Waals surface area contributed by atoms with Crippen molar-refractivity contribution < 1.29 is 0 Å². The molecule has 0 aromatic carbocycles. The molecule has 90 valence electrons. The van der Waals surface area contributed by atoms with Gasteiger partial charge in [-0.25, -0.2) is 0 Å². The van der Waals surface area contributed by atoms with Crippen LogP contribution in [0.3, 0.4) is 0 Å². The first-order valence-electron chi connectivity index (χ1n) is 6.50. The minimum atomic E-state index is 0.615. The van der Waals surface area contributed by atoms with Crippen LogP contribution in [-0.2, 0) is 0 Å². The Morgan fingerprint density at radius 3 is 2.40 bits per heavy atom. The second-order valence-electron chi connectivity index (χ2n) is 5.69. The van der Waals surface area contributed by atoms with Crippen molar-refractivity contribution in [3.05, 3.63) is 0 Å². The number of hydrogen-bond donors (Lipinski definition) is 1. The molecule has 1 N–H and O–H groups in total. The first kappa shape index (κ1) is 13.0. The van der Waals surface area contributed by atoms with Crippen molar-refractivity contribution in [3.8, 4) is 0 Å². The molecule has 2 heteroatoms. The highest BCUT2D eigenvalue weighted by atomic mass is 15.1. The fourth-order valence-electron chi connectivity index (χ4n) is 2.22. The topological polar surface area (TPSA) is 15.3 Å². The van der Waals surface area contributed by atoms with Gasteiger partial charge in [-0.2, -0.15) is 0 Å². The molecule has 0 saturated heterocycles. The maximum Gasteiger partial charge on any atom is 0.00162 e. The second kappa shape index (κ2) is 6.49. The Kier molecular flexibility index (Phi) is 5.62. The summed E-state index contributed by atoms with van der Waals surface area (Å²) in [6, 6.07) is 0.615. The Labute approximate surface area is 95.4 Å². The molecule has 1 atom stereocenters. The first-order chi connectivity index (χ1) is 7.08. The lowest BCUT2D eigenvalue weighted by Crippen LogP contribution is -2.36. The normalized spacial score (nSPS) is 19.6. The van der Waals surface area contributed by atoms with Gasteiger partial charge < -0.3 is 10.2 Å². The van der Waals surface area contributed by atoms with Crippen LogP contribution in [0.1, 0.15) is 40.0 Å². The van der Waals surface area contributed by atoms with E-state index >= 15 is 0 Å². The smallest absolute Gasteiger partial charge is 0.00162 e. The number of nitrogens with one attached hydrogen (secondary N) is 1. The van der Waals surface area contributed by atoms with Crippen LogP contribution in [-0.4, -0.2) is 37.6 Å². The Morgan fingerprint density at radius 1 is 1.27 bits per heavy atom. The largest absolute Gasteiger partial charge is 0.314 e. The van der Waals surface area contributed by atoms with Crippen LogP contribution in [0.4, 0.5) is 0 Å². The monoisotopic (exact) mass is 212 g/mol. The van der Waals surface area contributed by atoms with Gasteiger partial charge in [0.05, 0.1) is 0 Å². The lowest BCUT2D eigenvalue weighted by molar-refractivity contribution is 0.187. The quantitative estimate of drug-likeness (QED) is 0.697. The standard InChI is InChI=1S/C13H28N2/c1-11(2)14-8-12(3)9-15(4)10-13-6-5-7-13/h11-14H,5-10H2,1-4H3. The summed E-state index contributed by atoms with van der Waals surface area (Å²) in [5.74, 6) is 1.76. The van der Waals surface area contributed by atoms with Gasteiger partial charge in [0.25, 0.3) is 0 Å².